The zero-order valence-electron chi connectivity index (χ0n) is 13.3. The number of likely N-dealkylation sites (N-methyl/N-ethyl adjacent to an activating group) is 1. The normalized spacial score (nSPS) is 41.1. The average molecular weight is 279 g/mol. The molecule has 1 aromatic heterocycles. The lowest BCUT2D eigenvalue weighted by Crippen LogP contribution is -2.50. The molecule has 0 radical (unpaired) electrons. The van der Waals surface area contributed by atoms with E-state index < -0.39 is 17.5 Å². The number of aromatic nitrogens is 2. The lowest BCUT2D eigenvalue weighted by atomic mass is 9.88. The van der Waals surface area contributed by atoms with Crippen LogP contribution in [0.4, 0.5) is 5.82 Å². The van der Waals surface area contributed by atoms with Gasteiger partial charge in [0.25, 0.3) is 0 Å². The predicted molar refractivity (Wildman–Crippen MR) is 76.4 cm³/mol. The van der Waals surface area contributed by atoms with Crippen LogP contribution >= 0.6 is 0 Å². The second kappa shape index (κ2) is 4.05. The minimum Gasteiger partial charge on any atom is -0.383 e. The van der Waals surface area contributed by atoms with Crippen molar-refractivity contribution in [2.75, 3.05) is 12.8 Å². The summed E-state index contributed by atoms with van der Waals surface area (Å²) in [6.45, 7) is 6.18. The maximum absolute atomic E-state index is 12.2. The van der Waals surface area contributed by atoms with Crippen molar-refractivity contribution in [1.29, 1.82) is 0 Å². The van der Waals surface area contributed by atoms with Gasteiger partial charge in [-0.05, 0) is 27.8 Å². The van der Waals surface area contributed by atoms with E-state index >= 15 is 0 Å². The number of hydrogen-bond donors (Lipinski definition) is 1. The van der Waals surface area contributed by atoms with Gasteiger partial charge in [0.2, 0.25) is 0 Å². The third-order valence-corrected chi connectivity index (χ3v) is 5.15. The fourth-order valence-electron chi connectivity index (χ4n) is 3.56. The Labute approximate surface area is 119 Å². The number of nitrogens with two attached hydrogens (primary N) is 1. The third kappa shape index (κ3) is 1.52. The standard InChI is InChI=1S/C14H22N4O2/c1-7-6-18(13(19)16-11(7)15)12-10-8(2)14(4,20-12)9(3)17(10)5/h6,8-10,12H,1-5H3,(H2,15,16,19)/t8-,9+,10+,12+,14+/m0/s1/i4D. The van der Waals surface area contributed by atoms with Gasteiger partial charge in [-0.2, -0.15) is 4.98 Å². The molecule has 20 heavy (non-hydrogen) atoms. The smallest absolute Gasteiger partial charge is 0.351 e. The van der Waals surface area contributed by atoms with Gasteiger partial charge in [-0.25, -0.2) is 4.79 Å². The summed E-state index contributed by atoms with van der Waals surface area (Å²) in [7, 11) is 2.03. The van der Waals surface area contributed by atoms with Gasteiger partial charge in [0.15, 0.2) is 6.23 Å². The number of fused-ring (bicyclic) bond motifs is 2. The van der Waals surface area contributed by atoms with E-state index in [1.54, 1.807) is 6.20 Å². The van der Waals surface area contributed by atoms with Crippen LogP contribution in [-0.4, -0.2) is 39.2 Å². The van der Waals surface area contributed by atoms with Gasteiger partial charge in [0.1, 0.15) is 5.82 Å². The molecule has 2 fully saturated rings. The van der Waals surface area contributed by atoms with E-state index in [0.717, 1.165) is 5.56 Å². The molecular formula is C14H22N4O2. The summed E-state index contributed by atoms with van der Waals surface area (Å²) >= 11 is 0. The number of aryl methyl sites for hydroxylation is 1. The maximum atomic E-state index is 12.2. The Hall–Kier alpha value is -1.40. The molecule has 1 aromatic rings. The van der Waals surface area contributed by atoms with Crippen molar-refractivity contribution >= 4 is 5.82 Å². The van der Waals surface area contributed by atoms with Crippen molar-refractivity contribution in [1.82, 2.24) is 14.5 Å². The summed E-state index contributed by atoms with van der Waals surface area (Å²) in [5.74, 6) is 0.439. The molecule has 0 amide bonds. The summed E-state index contributed by atoms with van der Waals surface area (Å²) in [5.41, 5.74) is 5.51. The minimum atomic E-state index is -0.529. The lowest BCUT2D eigenvalue weighted by molar-refractivity contribution is -0.145. The number of likely N-dealkylation sites (tertiary alicyclic amines) is 1. The number of rotatable bonds is 1. The molecule has 3 heterocycles. The van der Waals surface area contributed by atoms with E-state index in [2.05, 4.69) is 23.7 Å². The summed E-state index contributed by atoms with van der Waals surface area (Å²) in [5, 5.41) is 0. The van der Waals surface area contributed by atoms with Crippen molar-refractivity contribution in [3.8, 4) is 0 Å². The van der Waals surface area contributed by atoms with Crippen molar-refractivity contribution in [2.24, 2.45) is 5.92 Å². The van der Waals surface area contributed by atoms with E-state index in [1.807, 2.05) is 14.0 Å². The highest BCUT2D eigenvalue weighted by Gasteiger charge is 2.62. The molecule has 2 N–H and O–H groups in total. The van der Waals surface area contributed by atoms with Crippen molar-refractivity contribution < 1.29 is 6.11 Å². The van der Waals surface area contributed by atoms with Gasteiger partial charge < -0.3 is 10.5 Å². The third-order valence-electron chi connectivity index (χ3n) is 5.15. The molecule has 0 saturated carbocycles. The molecule has 6 heteroatoms. The van der Waals surface area contributed by atoms with E-state index in [9.17, 15) is 4.79 Å². The van der Waals surface area contributed by atoms with Crippen LogP contribution in [0.5, 0.6) is 0 Å². The van der Waals surface area contributed by atoms with E-state index in [-0.39, 0.29) is 30.7 Å². The second-order valence-corrected chi connectivity index (χ2v) is 6.08. The monoisotopic (exact) mass is 279 g/mol. The number of anilines is 1. The largest absolute Gasteiger partial charge is 0.383 e. The summed E-state index contributed by atoms with van der Waals surface area (Å²) in [6.07, 6.45) is 1.30. The van der Waals surface area contributed by atoms with Crippen LogP contribution in [0.2, 0.25) is 0 Å². The van der Waals surface area contributed by atoms with Gasteiger partial charge in [-0.3, -0.25) is 9.47 Å². The van der Waals surface area contributed by atoms with Gasteiger partial charge in [0, 0.05) is 25.1 Å². The second-order valence-electron chi connectivity index (χ2n) is 6.08. The Morgan fingerprint density at radius 2 is 2.25 bits per heavy atom. The highest BCUT2D eigenvalue weighted by atomic mass is 16.5. The van der Waals surface area contributed by atoms with Gasteiger partial charge in [-0.15, -0.1) is 0 Å². The molecule has 5 atom stereocenters. The van der Waals surface area contributed by atoms with Gasteiger partial charge in [-0.1, -0.05) is 6.92 Å². The van der Waals surface area contributed by atoms with E-state index in [1.165, 1.54) is 4.57 Å². The first-order valence-corrected chi connectivity index (χ1v) is 6.87. The van der Waals surface area contributed by atoms with E-state index in [4.69, 9.17) is 11.8 Å². The van der Waals surface area contributed by atoms with Crippen molar-refractivity contribution in [3.63, 3.8) is 0 Å². The first kappa shape index (κ1) is 12.3. The Balaban J connectivity index is 2.07. The molecule has 0 spiro atoms. The summed E-state index contributed by atoms with van der Waals surface area (Å²) in [4.78, 5) is 18.2. The summed E-state index contributed by atoms with van der Waals surface area (Å²) < 4.78 is 15.7. The fourth-order valence-corrected chi connectivity index (χ4v) is 3.56. The molecule has 2 aliphatic rings. The van der Waals surface area contributed by atoms with Crippen molar-refractivity contribution in [2.45, 2.75) is 51.6 Å². The van der Waals surface area contributed by atoms with Crippen LogP contribution in [0, 0.1) is 12.8 Å². The Kier molecular flexibility index (Phi) is 2.50. The Morgan fingerprint density at radius 3 is 2.85 bits per heavy atom. The van der Waals surface area contributed by atoms with Gasteiger partial charge >= 0.3 is 5.69 Å². The van der Waals surface area contributed by atoms with Crippen LogP contribution in [-0.2, 0) is 4.74 Å². The molecule has 2 saturated heterocycles. The average Bonchev–Trinajstić information content (AvgIpc) is 2.83. The Bertz CT molecular complexity index is 634. The van der Waals surface area contributed by atoms with Crippen LogP contribution in [0.1, 0.15) is 33.9 Å². The van der Waals surface area contributed by atoms with Gasteiger partial charge in [0.05, 0.1) is 11.6 Å². The fraction of sp³-hybridized carbons (Fsp3) is 0.714. The van der Waals surface area contributed by atoms with Crippen LogP contribution in [0.15, 0.2) is 11.0 Å². The number of hydrogen-bond acceptors (Lipinski definition) is 5. The van der Waals surface area contributed by atoms with Crippen molar-refractivity contribution in [3.05, 3.63) is 22.2 Å². The van der Waals surface area contributed by atoms with Crippen LogP contribution in [0.25, 0.3) is 0 Å². The first-order valence-electron chi connectivity index (χ1n) is 7.58. The first-order chi connectivity index (χ1) is 9.83. The molecule has 0 unspecified atom stereocenters. The molecule has 0 aliphatic carbocycles. The lowest BCUT2D eigenvalue weighted by Gasteiger charge is -2.40. The highest BCUT2D eigenvalue weighted by molar-refractivity contribution is 5.35. The molecular weight excluding hydrogens is 256 g/mol. The SMILES string of the molecule is [2H]C[C@@]12O[C@@H](n3cc(C)c(N)nc3=O)[C@@H]([C@@H]1C)N(C)[C@@H]2C. The molecule has 2 bridgehead atoms. The molecule has 6 nitrogen and oxygen atoms in total. The molecule has 3 rings (SSSR count). The topological polar surface area (TPSA) is 73.4 Å². The van der Waals surface area contributed by atoms with Crippen LogP contribution < -0.4 is 11.4 Å². The number of nitrogens with zero attached hydrogens (tertiary/aromatic N) is 3. The zero-order valence-corrected chi connectivity index (χ0v) is 12.3. The zero-order chi connectivity index (χ0) is 15.5. The summed E-state index contributed by atoms with van der Waals surface area (Å²) in [6, 6.07) is 0.220. The maximum Gasteiger partial charge on any atom is 0.351 e. The molecule has 2 aliphatic heterocycles. The predicted octanol–water partition coefficient (Wildman–Crippen LogP) is 0.760. The van der Waals surface area contributed by atoms with E-state index in [0.29, 0.717) is 0 Å². The molecule has 0 aromatic carbocycles. The quantitative estimate of drug-likeness (QED) is 0.821. The van der Waals surface area contributed by atoms with Crippen LogP contribution in [0.3, 0.4) is 0 Å². The molecule has 110 valence electrons. The number of nitrogen functional groups attached to an aromatic ring is 1. The Morgan fingerprint density at radius 1 is 1.55 bits per heavy atom. The number of ether oxygens (including phenoxy) is 1. The minimum absolute atomic E-state index is 0.0628. The highest BCUT2D eigenvalue weighted by Crippen LogP contribution is 2.52. The number of morpholine rings is 1.